The molecule has 0 aliphatic carbocycles. The van der Waals surface area contributed by atoms with E-state index in [-0.39, 0.29) is 0 Å². The Labute approximate surface area is 78.7 Å². The van der Waals surface area contributed by atoms with Crippen LogP contribution in [-0.2, 0) is 11.3 Å². The zero-order chi connectivity index (χ0) is 9.52. The number of aromatic nitrogens is 2. The molecule has 0 bridgehead atoms. The van der Waals surface area contributed by atoms with Crippen LogP contribution in [0.1, 0.15) is 19.7 Å². The largest absolute Gasteiger partial charge is 0.377 e. The van der Waals surface area contributed by atoms with Crippen molar-refractivity contribution in [2.24, 2.45) is 0 Å². The molecule has 1 rings (SSSR count). The van der Waals surface area contributed by atoms with E-state index in [2.05, 4.69) is 15.3 Å². The van der Waals surface area contributed by atoms with E-state index < -0.39 is 0 Å². The van der Waals surface area contributed by atoms with E-state index in [9.17, 15) is 0 Å². The third kappa shape index (κ3) is 4.65. The summed E-state index contributed by atoms with van der Waals surface area (Å²) in [5.41, 5.74) is 0. The smallest absolute Gasteiger partial charge is 0.120 e. The minimum atomic E-state index is 0.311. The van der Waals surface area contributed by atoms with Gasteiger partial charge in [-0.1, -0.05) is 0 Å². The van der Waals surface area contributed by atoms with Crippen LogP contribution in [0, 0.1) is 0 Å². The maximum Gasteiger partial charge on any atom is 0.120 e. The third-order valence-corrected chi connectivity index (χ3v) is 1.58. The highest BCUT2D eigenvalue weighted by Gasteiger charge is 1.94. The molecule has 0 atom stereocenters. The van der Waals surface area contributed by atoms with Crippen LogP contribution in [0.3, 0.4) is 0 Å². The highest BCUT2D eigenvalue weighted by molar-refractivity contribution is 4.85. The molecule has 0 radical (unpaired) electrons. The maximum absolute atomic E-state index is 5.37. The second-order valence-corrected chi connectivity index (χ2v) is 3.13. The Bertz CT molecular complexity index is 209. The van der Waals surface area contributed by atoms with E-state index in [0.717, 1.165) is 25.5 Å². The minimum Gasteiger partial charge on any atom is -0.377 e. The molecule has 1 aromatic rings. The number of nitrogens with one attached hydrogen (secondary N) is 2. The lowest BCUT2D eigenvalue weighted by atomic mass is 10.5. The standard InChI is InChI=1S/C9H17N3O/c1-8(2)13-6-5-10-7-9-11-3-4-12-9/h3-4,8,10H,5-7H2,1-2H3,(H,11,12). The molecular formula is C9H17N3O. The number of hydrogen-bond acceptors (Lipinski definition) is 3. The predicted molar refractivity (Wildman–Crippen MR) is 51.4 cm³/mol. The molecule has 4 nitrogen and oxygen atoms in total. The Morgan fingerprint density at radius 1 is 1.62 bits per heavy atom. The second kappa shape index (κ2) is 5.72. The van der Waals surface area contributed by atoms with E-state index in [1.807, 2.05) is 20.0 Å². The summed E-state index contributed by atoms with van der Waals surface area (Å²) in [4.78, 5) is 7.11. The molecule has 0 unspecified atom stereocenters. The van der Waals surface area contributed by atoms with Gasteiger partial charge in [-0.3, -0.25) is 0 Å². The number of nitrogens with zero attached hydrogens (tertiary/aromatic N) is 1. The predicted octanol–water partition coefficient (Wildman–Crippen LogP) is 0.924. The molecule has 0 amide bonds. The molecule has 0 fully saturated rings. The Kier molecular flexibility index (Phi) is 4.49. The number of aromatic amines is 1. The summed E-state index contributed by atoms with van der Waals surface area (Å²) in [6.07, 6.45) is 3.88. The topological polar surface area (TPSA) is 49.9 Å². The van der Waals surface area contributed by atoms with Crippen LogP contribution in [-0.4, -0.2) is 29.2 Å². The van der Waals surface area contributed by atoms with Gasteiger partial charge in [0, 0.05) is 18.9 Å². The molecule has 1 heterocycles. The summed E-state index contributed by atoms with van der Waals surface area (Å²) in [5, 5.41) is 3.22. The highest BCUT2D eigenvalue weighted by atomic mass is 16.5. The molecule has 2 N–H and O–H groups in total. The van der Waals surface area contributed by atoms with Gasteiger partial charge in [-0.15, -0.1) is 0 Å². The van der Waals surface area contributed by atoms with Crippen molar-refractivity contribution in [2.75, 3.05) is 13.2 Å². The fourth-order valence-electron chi connectivity index (χ4n) is 0.968. The van der Waals surface area contributed by atoms with Gasteiger partial charge in [0.1, 0.15) is 5.82 Å². The van der Waals surface area contributed by atoms with Crippen LogP contribution < -0.4 is 5.32 Å². The Morgan fingerprint density at radius 3 is 3.08 bits per heavy atom. The number of imidazole rings is 1. The SMILES string of the molecule is CC(C)OCCNCc1ncc[nH]1. The average Bonchev–Trinajstić information content (AvgIpc) is 2.55. The second-order valence-electron chi connectivity index (χ2n) is 3.13. The Balaban J connectivity index is 1.96. The summed E-state index contributed by atoms with van der Waals surface area (Å²) in [5.74, 6) is 0.963. The van der Waals surface area contributed by atoms with Crippen molar-refractivity contribution in [1.82, 2.24) is 15.3 Å². The van der Waals surface area contributed by atoms with Crippen LogP contribution in [0.5, 0.6) is 0 Å². The third-order valence-electron chi connectivity index (χ3n) is 1.58. The summed E-state index contributed by atoms with van der Waals surface area (Å²) < 4.78 is 5.37. The molecule has 0 saturated heterocycles. The first kappa shape index (κ1) is 10.2. The molecule has 0 aliphatic rings. The van der Waals surface area contributed by atoms with E-state index in [4.69, 9.17) is 4.74 Å². The van der Waals surface area contributed by atoms with Gasteiger partial charge in [-0.2, -0.15) is 0 Å². The van der Waals surface area contributed by atoms with Crippen LogP contribution >= 0.6 is 0 Å². The van der Waals surface area contributed by atoms with Crippen LogP contribution in [0.15, 0.2) is 12.4 Å². The van der Waals surface area contributed by atoms with E-state index in [0.29, 0.717) is 6.10 Å². The number of H-pyrrole nitrogens is 1. The van der Waals surface area contributed by atoms with Crippen molar-refractivity contribution in [1.29, 1.82) is 0 Å². The number of rotatable bonds is 6. The number of hydrogen-bond donors (Lipinski definition) is 2. The quantitative estimate of drug-likeness (QED) is 0.645. The van der Waals surface area contributed by atoms with Crippen LogP contribution in [0.25, 0.3) is 0 Å². The van der Waals surface area contributed by atoms with Crippen molar-refractivity contribution in [3.63, 3.8) is 0 Å². The van der Waals surface area contributed by atoms with E-state index in [1.54, 1.807) is 6.20 Å². The van der Waals surface area contributed by atoms with Crippen LogP contribution in [0.2, 0.25) is 0 Å². The van der Waals surface area contributed by atoms with Gasteiger partial charge < -0.3 is 15.0 Å². The van der Waals surface area contributed by atoms with Crippen molar-refractivity contribution in [3.05, 3.63) is 18.2 Å². The number of ether oxygens (including phenoxy) is 1. The van der Waals surface area contributed by atoms with E-state index in [1.165, 1.54) is 0 Å². The van der Waals surface area contributed by atoms with Crippen molar-refractivity contribution in [3.8, 4) is 0 Å². The monoisotopic (exact) mass is 183 g/mol. The summed E-state index contributed by atoms with van der Waals surface area (Å²) in [7, 11) is 0. The fourth-order valence-corrected chi connectivity index (χ4v) is 0.968. The van der Waals surface area contributed by atoms with E-state index >= 15 is 0 Å². The molecule has 0 spiro atoms. The highest BCUT2D eigenvalue weighted by Crippen LogP contribution is 1.87. The first-order valence-electron chi connectivity index (χ1n) is 4.59. The van der Waals surface area contributed by atoms with Gasteiger partial charge in [0.05, 0.1) is 19.3 Å². The van der Waals surface area contributed by atoms with Gasteiger partial charge in [0.15, 0.2) is 0 Å². The molecule has 0 aliphatic heterocycles. The Morgan fingerprint density at radius 2 is 2.46 bits per heavy atom. The molecule has 0 saturated carbocycles. The van der Waals surface area contributed by atoms with Crippen LogP contribution in [0.4, 0.5) is 0 Å². The fraction of sp³-hybridized carbons (Fsp3) is 0.667. The zero-order valence-electron chi connectivity index (χ0n) is 8.21. The van der Waals surface area contributed by atoms with Gasteiger partial charge in [0.25, 0.3) is 0 Å². The lowest BCUT2D eigenvalue weighted by molar-refractivity contribution is 0.0806. The molecule has 1 aromatic heterocycles. The lowest BCUT2D eigenvalue weighted by Gasteiger charge is -2.07. The molecule has 4 heteroatoms. The minimum absolute atomic E-state index is 0.311. The van der Waals surface area contributed by atoms with Crippen molar-refractivity contribution >= 4 is 0 Å². The zero-order valence-corrected chi connectivity index (χ0v) is 8.21. The maximum atomic E-state index is 5.37. The lowest BCUT2D eigenvalue weighted by Crippen LogP contribution is -2.21. The first-order valence-corrected chi connectivity index (χ1v) is 4.59. The molecule has 0 aromatic carbocycles. The molecular weight excluding hydrogens is 166 g/mol. The summed E-state index contributed by atoms with van der Waals surface area (Å²) in [6.45, 7) is 6.45. The average molecular weight is 183 g/mol. The molecule has 74 valence electrons. The van der Waals surface area contributed by atoms with Crippen molar-refractivity contribution < 1.29 is 4.74 Å². The first-order chi connectivity index (χ1) is 6.29. The summed E-state index contributed by atoms with van der Waals surface area (Å²) >= 11 is 0. The Hall–Kier alpha value is -0.870. The van der Waals surface area contributed by atoms with Gasteiger partial charge in [0.2, 0.25) is 0 Å². The normalized spacial score (nSPS) is 11.0. The van der Waals surface area contributed by atoms with Gasteiger partial charge >= 0.3 is 0 Å². The van der Waals surface area contributed by atoms with Gasteiger partial charge in [-0.25, -0.2) is 4.98 Å². The van der Waals surface area contributed by atoms with Gasteiger partial charge in [-0.05, 0) is 13.8 Å². The van der Waals surface area contributed by atoms with Crippen molar-refractivity contribution in [2.45, 2.75) is 26.5 Å². The summed E-state index contributed by atoms with van der Waals surface area (Å²) in [6, 6.07) is 0. The molecule has 13 heavy (non-hydrogen) atoms.